The molecule has 0 saturated carbocycles. The summed E-state index contributed by atoms with van der Waals surface area (Å²) in [5.41, 5.74) is 4.76. The number of carbonyl (C=O) groups is 2. The molecule has 0 aliphatic rings. The van der Waals surface area contributed by atoms with Crippen molar-refractivity contribution in [1.82, 2.24) is 0 Å². The number of benzene rings is 2. The number of phenolic OH excluding ortho intramolecular Hbond substituents is 2. The topological polar surface area (TPSA) is 174 Å². The zero-order chi connectivity index (χ0) is 39.3. The number of aliphatic hydroxyl groups excluding tert-OH is 2. The molecule has 0 fully saturated rings. The van der Waals surface area contributed by atoms with Crippen molar-refractivity contribution in [2.24, 2.45) is 0 Å². The highest BCUT2D eigenvalue weighted by Crippen LogP contribution is 2.41. The molecule has 1 atom stereocenters. The Morgan fingerprint density at radius 2 is 0.900 bits per heavy atom. The maximum absolute atomic E-state index is 10.8. The second kappa shape index (κ2) is 20.0. The van der Waals surface area contributed by atoms with Crippen molar-refractivity contribution >= 4 is 11.9 Å². The van der Waals surface area contributed by atoms with Gasteiger partial charge in [0.2, 0.25) is 0 Å². The number of hydrogen-bond donors (Lipinski definition) is 6. The fraction of sp³-hybridized carbons (Fsp3) is 0.650. The Hall–Kier alpha value is -3.18. The van der Waals surface area contributed by atoms with E-state index in [4.69, 9.17) is 29.9 Å². The largest absolute Gasteiger partial charge is 0.507 e. The van der Waals surface area contributed by atoms with Gasteiger partial charge in [0.1, 0.15) is 11.5 Å². The van der Waals surface area contributed by atoms with Crippen LogP contribution >= 0.6 is 0 Å². The number of hydrogen-bond acceptors (Lipinski definition) is 8. The molecule has 0 spiro atoms. The van der Waals surface area contributed by atoms with Crippen LogP contribution in [-0.4, -0.2) is 75.3 Å². The van der Waals surface area contributed by atoms with Crippen LogP contribution in [0.3, 0.4) is 0 Å². The molecule has 2 aromatic carbocycles. The number of aliphatic hydroxyl groups is 2. The lowest BCUT2D eigenvalue weighted by molar-refractivity contribution is -0.138. The molecular weight excluding hydrogens is 640 g/mol. The lowest BCUT2D eigenvalue weighted by atomic mass is 9.78. The van der Waals surface area contributed by atoms with Crippen LogP contribution in [0.25, 0.3) is 0 Å². The molecule has 0 bridgehead atoms. The maximum atomic E-state index is 10.8. The number of phenols is 2. The van der Waals surface area contributed by atoms with Crippen LogP contribution in [0, 0.1) is 0 Å². The fourth-order valence-corrected chi connectivity index (χ4v) is 4.91. The van der Waals surface area contributed by atoms with Crippen LogP contribution in [0.2, 0.25) is 0 Å². The monoisotopic (exact) mass is 706 g/mol. The summed E-state index contributed by atoms with van der Waals surface area (Å²) < 4.78 is 9.58. The van der Waals surface area contributed by atoms with E-state index in [1.807, 2.05) is 24.3 Å². The van der Waals surface area contributed by atoms with E-state index in [1.165, 1.54) is 6.92 Å². The third kappa shape index (κ3) is 17.7. The van der Waals surface area contributed by atoms with Gasteiger partial charge in [-0.05, 0) is 74.8 Å². The summed E-state index contributed by atoms with van der Waals surface area (Å²) in [5, 5.41) is 55.6. The Balaban J connectivity index is 0.000000764. The molecule has 1 unspecified atom stereocenters. The second-order valence-corrected chi connectivity index (χ2v) is 16.7. The molecule has 0 aliphatic heterocycles. The minimum absolute atomic E-state index is 0.0225. The van der Waals surface area contributed by atoms with Crippen molar-refractivity contribution in [2.45, 2.75) is 144 Å². The third-order valence-electron chi connectivity index (χ3n) is 7.65. The summed E-state index contributed by atoms with van der Waals surface area (Å²) in [6, 6.07) is 7.75. The Labute approximate surface area is 300 Å². The summed E-state index contributed by atoms with van der Waals surface area (Å²) in [6.45, 7) is 27.3. The van der Waals surface area contributed by atoms with E-state index in [0.717, 1.165) is 33.4 Å². The molecule has 10 nitrogen and oxygen atoms in total. The van der Waals surface area contributed by atoms with E-state index >= 15 is 0 Å². The lowest BCUT2D eigenvalue weighted by Gasteiger charge is -2.28. The zero-order valence-electron chi connectivity index (χ0n) is 32.9. The van der Waals surface area contributed by atoms with Gasteiger partial charge in [0.25, 0.3) is 0 Å². The first-order valence-electron chi connectivity index (χ1n) is 17.3. The maximum Gasteiger partial charge on any atom is 0.303 e. The van der Waals surface area contributed by atoms with Gasteiger partial charge in [0.05, 0.1) is 26.4 Å². The summed E-state index contributed by atoms with van der Waals surface area (Å²) in [6.07, 6.45) is 0.456. The molecule has 0 aliphatic carbocycles. The van der Waals surface area contributed by atoms with Crippen molar-refractivity contribution < 1.29 is 49.7 Å². The SMILES string of the molecule is CC(C)(C)c1cc(CCC(=O)O)cc(C(C)(C)C)c1O.CC(C)(C)c1cc(CCC(=O)O)cc(C(C)(C)C)c1O.CC(O)OCCOCCO. The average molecular weight is 707 g/mol. The molecule has 2 rings (SSSR count). The number of aromatic hydroxyl groups is 2. The molecule has 0 saturated heterocycles. The Morgan fingerprint density at radius 1 is 0.600 bits per heavy atom. The van der Waals surface area contributed by atoms with Crippen molar-refractivity contribution in [1.29, 1.82) is 0 Å². The van der Waals surface area contributed by atoms with Crippen LogP contribution in [-0.2, 0) is 53.6 Å². The van der Waals surface area contributed by atoms with Crippen molar-refractivity contribution in [3.63, 3.8) is 0 Å². The Morgan fingerprint density at radius 3 is 1.12 bits per heavy atom. The number of rotatable bonds is 12. The molecule has 6 N–H and O–H groups in total. The number of carboxylic acid groups (broad SMARTS) is 2. The van der Waals surface area contributed by atoms with E-state index < -0.39 is 18.2 Å². The number of aryl methyl sites for hydroxylation is 2. The van der Waals surface area contributed by atoms with Gasteiger partial charge in [0.15, 0.2) is 6.29 Å². The smallest absolute Gasteiger partial charge is 0.303 e. The molecule has 0 radical (unpaired) electrons. The van der Waals surface area contributed by atoms with E-state index in [1.54, 1.807) is 0 Å². The van der Waals surface area contributed by atoms with Crippen LogP contribution in [0.5, 0.6) is 11.5 Å². The summed E-state index contributed by atoms with van der Waals surface area (Å²) in [5.74, 6) is -0.923. The van der Waals surface area contributed by atoms with Crippen molar-refractivity contribution in [3.05, 3.63) is 57.6 Å². The van der Waals surface area contributed by atoms with Gasteiger partial charge in [-0.2, -0.15) is 0 Å². The summed E-state index contributed by atoms with van der Waals surface area (Å²) in [7, 11) is 0. The van der Waals surface area contributed by atoms with Gasteiger partial charge in [-0.1, -0.05) is 107 Å². The van der Waals surface area contributed by atoms with Gasteiger partial charge in [-0.25, -0.2) is 0 Å². The predicted molar refractivity (Wildman–Crippen MR) is 198 cm³/mol. The molecule has 50 heavy (non-hydrogen) atoms. The molecule has 2 aromatic rings. The number of aliphatic carboxylic acids is 2. The molecule has 10 heteroatoms. The molecule has 0 heterocycles. The quantitative estimate of drug-likeness (QED) is 0.0967. The number of carboxylic acids is 2. The first-order valence-corrected chi connectivity index (χ1v) is 17.3. The fourth-order valence-electron chi connectivity index (χ4n) is 4.91. The van der Waals surface area contributed by atoms with Gasteiger partial charge in [-0.3, -0.25) is 9.59 Å². The van der Waals surface area contributed by atoms with Crippen LogP contribution < -0.4 is 0 Å². The highest BCUT2D eigenvalue weighted by atomic mass is 16.6. The Bertz CT molecular complexity index is 1180. The minimum atomic E-state index is -0.798. The van der Waals surface area contributed by atoms with Gasteiger partial charge in [0, 0.05) is 12.8 Å². The number of ether oxygens (including phenoxy) is 2. The normalized spacial score (nSPS) is 12.7. The molecule has 0 amide bonds. The molecule has 0 aromatic heterocycles. The molecule has 286 valence electrons. The van der Waals surface area contributed by atoms with E-state index in [0.29, 0.717) is 44.2 Å². The zero-order valence-corrected chi connectivity index (χ0v) is 32.9. The second-order valence-electron chi connectivity index (χ2n) is 16.7. The average Bonchev–Trinajstić information content (AvgIpc) is 2.94. The van der Waals surface area contributed by atoms with Crippen LogP contribution in [0.1, 0.15) is 136 Å². The van der Waals surface area contributed by atoms with E-state index in [-0.39, 0.29) is 41.1 Å². The van der Waals surface area contributed by atoms with E-state index in [9.17, 15) is 19.8 Å². The van der Waals surface area contributed by atoms with Gasteiger partial charge < -0.3 is 40.1 Å². The predicted octanol–water partition coefficient (Wildman–Crippen LogP) is 7.36. The summed E-state index contributed by atoms with van der Waals surface area (Å²) in [4.78, 5) is 21.5. The first kappa shape index (κ1) is 46.8. The summed E-state index contributed by atoms with van der Waals surface area (Å²) >= 11 is 0. The van der Waals surface area contributed by atoms with Crippen molar-refractivity contribution in [3.8, 4) is 11.5 Å². The highest BCUT2D eigenvalue weighted by molar-refractivity contribution is 5.67. The van der Waals surface area contributed by atoms with Crippen LogP contribution in [0.15, 0.2) is 24.3 Å². The Kier molecular flexibility index (Phi) is 18.7. The minimum Gasteiger partial charge on any atom is -0.507 e. The highest BCUT2D eigenvalue weighted by Gasteiger charge is 2.28. The standard InChI is InChI=1S/2C17H26O3.C6H14O4/c2*1-16(2,3)12-9-11(7-8-14(18)19)10-13(15(12)20)17(4,5)6;1-6(8)10-5-4-9-3-2-7/h2*9-10,20H,7-8H2,1-6H3,(H,18,19);6-8H,2-5H2,1H3. The van der Waals surface area contributed by atoms with Crippen LogP contribution in [0.4, 0.5) is 0 Å². The molecular formula is C40H66O10. The lowest BCUT2D eigenvalue weighted by Crippen LogP contribution is -2.18. The van der Waals surface area contributed by atoms with Crippen molar-refractivity contribution in [2.75, 3.05) is 26.4 Å². The van der Waals surface area contributed by atoms with Gasteiger partial charge >= 0.3 is 11.9 Å². The third-order valence-corrected chi connectivity index (χ3v) is 7.65. The van der Waals surface area contributed by atoms with E-state index in [2.05, 4.69) is 83.1 Å². The van der Waals surface area contributed by atoms with Gasteiger partial charge in [-0.15, -0.1) is 0 Å². The first-order chi connectivity index (χ1) is 22.6.